The van der Waals surface area contributed by atoms with E-state index in [1.807, 2.05) is 13.8 Å². The summed E-state index contributed by atoms with van der Waals surface area (Å²) in [6.07, 6.45) is 3.07. The van der Waals surface area contributed by atoms with E-state index in [0.717, 1.165) is 26.1 Å². The van der Waals surface area contributed by atoms with Crippen molar-refractivity contribution in [1.82, 2.24) is 5.32 Å². The van der Waals surface area contributed by atoms with Crippen molar-refractivity contribution in [2.24, 2.45) is 0 Å². The van der Waals surface area contributed by atoms with Gasteiger partial charge in [-0.25, -0.2) is 0 Å². The topological polar surface area (TPSA) is 58.6 Å². The maximum Gasteiger partial charge on any atom is 0.323 e. The number of ether oxygens (including phenoxy) is 1. The van der Waals surface area contributed by atoms with E-state index in [1.165, 1.54) is 0 Å². The fourth-order valence-corrected chi connectivity index (χ4v) is 2.05. The summed E-state index contributed by atoms with van der Waals surface area (Å²) in [4.78, 5) is 11.3. The molecule has 0 aromatic rings. The molecule has 1 aliphatic heterocycles. The lowest BCUT2D eigenvalue weighted by molar-refractivity contribution is -0.146. The number of hydrogen-bond donors (Lipinski definition) is 2. The first-order chi connectivity index (χ1) is 7.14. The Hall–Kier alpha value is -0.610. The van der Waals surface area contributed by atoms with Gasteiger partial charge in [0.05, 0.1) is 0 Å². The Labute approximate surface area is 91.0 Å². The van der Waals surface area contributed by atoms with Gasteiger partial charge in [0.1, 0.15) is 5.54 Å². The molecule has 2 N–H and O–H groups in total. The van der Waals surface area contributed by atoms with Crippen LogP contribution in [0.15, 0.2) is 0 Å². The van der Waals surface area contributed by atoms with E-state index in [0.29, 0.717) is 12.8 Å². The Kier molecular flexibility index (Phi) is 4.54. The molecule has 0 bridgehead atoms. The van der Waals surface area contributed by atoms with Crippen molar-refractivity contribution in [2.45, 2.75) is 51.1 Å². The molecule has 0 saturated carbocycles. The van der Waals surface area contributed by atoms with E-state index in [1.54, 1.807) is 0 Å². The van der Waals surface area contributed by atoms with E-state index in [-0.39, 0.29) is 6.04 Å². The molecular weight excluding hydrogens is 194 g/mol. The highest BCUT2D eigenvalue weighted by atomic mass is 16.5. The molecule has 0 aromatic carbocycles. The van der Waals surface area contributed by atoms with Crippen LogP contribution in [0.4, 0.5) is 0 Å². The van der Waals surface area contributed by atoms with Gasteiger partial charge >= 0.3 is 5.97 Å². The SMILES string of the molecule is CCC(CC)(NC1CCOCC1)C(=O)O. The van der Waals surface area contributed by atoms with Crippen molar-refractivity contribution < 1.29 is 14.6 Å². The maximum atomic E-state index is 11.3. The summed E-state index contributed by atoms with van der Waals surface area (Å²) >= 11 is 0. The molecule has 1 rings (SSSR count). The highest BCUT2D eigenvalue weighted by Crippen LogP contribution is 2.19. The third kappa shape index (κ3) is 2.92. The number of carbonyl (C=O) groups is 1. The Bertz CT molecular complexity index is 208. The maximum absolute atomic E-state index is 11.3. The van der Waals surface area contributed by atoms with E-state index < -0.39 is 11.5 Å². The number of nitrogens with one attached hydrogen (secondary N) is 1. The summed E-state index contributed by atoms with van der Waals surface area (Å²) in [6, 6.07) is 0.287. The molecule has 4 heteroatoms. The van der Waals surface area contributed by atoms with Crippen LogP contribution in [0.25, 0.3) is 0 Å². The molecule has 88 valence electrons. The fourth-order valence-electron chi connectivity index (χ4n) is 2.05. The van der Waals surface area contributed by atoms with Gasteiger partial charge in [0.2, 0.25) is 0 Å². The van der Waals surface area contributed by atoms with Gasteiger partial charge in [-0.3, -0.25) is 10.1 Å². The monoisotopic (exact) mass is 215 g/mol. The second kappa shape index (κ2) is 5.47. The molecule has 0 radical (unpaired) electrons. The highest BCUT2D eigenvalue weighted by molar-refractivity contribution is 5.78. The minimum Gasteiger partial charge on any atom is -0.480 e. The van der Waals surface area contributed by atoms with Gasteiger partial charge in [-0.15, -0.1) is 0 Å². The third-order valence-electron chi connectivity index (χ3n) is 3.32. The molecular formula is C11H21NO3. The standard InChI is InChI=1S/C11H21NO3/c1-3-11(4-2,10(13)14)12-9-5-7-15-8-6-9/h9,12H,3-8H2,1-2H3,(H,13,14). The summed E-state index contributed by atoms with van der Waals surface area (Å²) in [5.74, 6) is -0.737. The smallest absolute Gasteiger partial charge is 0.323 e. The molecule has 0 aromatic heterocycles. The van der Waals surface area contributed by atoms with Crippen molar-refractivity contribution in [2.75, 3.05) is 13.2 Å². The second-order valence-corrected chi connectivity index (χ2v) is 4.13. The number of rotatable bonds is 5. The first-order valence-electron chi connectivity index (χ1n) is 5.73. The molecule has 1 heterocycles. The van der Waals surface area contributed by atoms with Gasteiger partial charge in [-0.1, -0.05) is 13.8 Å². The van der Waals surface area contributed by atoms with Gasteiger partial charge in [0.15, 0.2) is 0 Å². The quantitative estimate of drug-likeness (QED) is 0.727. The zero-order valence-electron chi connectivity index (χ0n) is 9.58. The van der Waals surface area contributed by atoms with Crippen molar-refractivity contribution >= 4 is 5.97 Å². The Morgan fingerprint density at radius 3 is 2.33 bits per heavy atom. The molecule has 0 spiro atoms. The lowest BCUT2D eigenvalue weighted by Gasteiger charge is -2.34. The summed E-state index contributed by atoms with van der Waals surface area (Å²) in [7, 11) is 0. The van der Waals surface area contributed by atoms with Gasteiger partial charge in [0, 0.05) is 19.3 Å². The zero-order valence-corrected chi connectivity index (χ0v) is 9.58. The molecule has 1 fully saturated rings. The van der Waals surface area contributed by atoms with Crippen molar-refractivity contribution in [3.63, 3.8) is 0 Å². The van der Waals surface area contributed by atoms with Crippen molar-refractivity contribution in [3.05, 3.63) is 0 Å². The zero-order chi connectivity index (χ0) is 11.3. The van der Waals surface area contributed by atoms with Gasteiger partial charge in [-0.2, -0.15) is 0 Å². The average molecular weight is 215 g/mol. The van der Waals surface area contributed by atoms with Crippen LogP contribution in [-0.2, 0) is 9.53 Å². The van der Waals surface area contributed by atoms with Crippen LogP contribution in [0.1, 0.15) is 39.5 Å². The van der Waals surface area contributed by atoms with E-state index in [2.05, 4.69) is 5.32 Å². The van der Waals surface area contributed by atoms with Gasteiger partial charge in [0.25, 0.3) is 0 Å². The average Bonchev–Trinajstić information content (AvgIpc) is 2.27. The van der Waals surface area contributed by atoms with Crippen LogP contribution >= 0.6 is 0 Å². The van der Waals surface area contributed by atoms with E-state index in [4.69, 9.17) is 4.74 Å². The lowest BCUT2D eigenvalue weighted by atomic mass is 9.90. The van der Waals surface area contributed by atoms with E-state index in [9.17, 15) is 9.90 Å². The number of hydrogen-bond acceptors (Lipinski definition) is 3. The molecule has 4 nitrogen and oxygen atoms in total. The lowest BCUT2D eigenvalue weighted by Crippen LogP contribution is -2.56. The highest BCUT2D eigenvalue weighted by Gasteiger charge is 2.36. The number of carboxylic acids is 1. The van der Waals surface area contributed by atoms with Crippen LogP contribution in [0.2, 0.25) is 0 Å². The van der Waals surface area contributed by atoms with Crippen molar-refractivity contribution in [3.8, 4) is 0 Å². The number of aliphatic carboxylic acids is 1. The molecule has 0 unspecified atom stereocenters. The predicted octanol–water partition coefficient (Wildman–Crippen LogP) is 1.40. The fraction of sp³-hybridized carbons (Fsp3) is 0.909. The Morgan fingerprint density at radius 2 is 1.93 bits per heavy atom. The minimum absolute atomic E-state index is 0.287. The van der Waals surface area contributed by atoms with Crippen LogP contribution in [-0.4, -0.2) is 35.9 Å². The minimum atomic E-state index is -0.748. The first-order valence-corrected chi connectivity index (χ1v) is 5.73. The first kappa shape index (κ1) is 12.5. The molecule has 0 amide bonds. The summed E-state index contributed by atoms with van der Waals surface area (Å²) in [5, 5.41) is 12.5. The molecule has 0 atom stereocenters. The summed E-state index contributed by atoms with van der Waals surface area (Å²) in [5.41, 5.74) is -0.748. The largest absolute Gasteiger partial charge is 0.480 e. The van der Waals surface area contributed by atoms with Crippen LogP contribution in [0.3, 0.4) is 0 Å². The molecule has 15 heavy (non-hydrogen) atoms. The van der Waals surface area contributed by atoms with Crippen LogP contribution in [0, 0.1) is 0 Å². The third-order valence-corrected chi connectivity index (χ3v) is 3.32. The molecule has 0 aliphatic carbocycles. The van der Waals surface area contributed by atoms with Crippen LogP contribution < -0.4 is 5.32 Å². The summed E-state index contributed by atoms with van der Waals surface area (Å²) < 4.78 is 5.25. The molecule has 1 saturated heterocycles. The predicted molar refractivity (Wildman–Crippen MR) is 57.9 cm³/mol. The van der Waals surface area contributed by atoms with Gasteiger partial charge in [-0.05, 0) is 25.7 Å². The Morgan fingerprint density at radius 1 is 1.40 bits per heavy atom. The Balaban J connectivity index is 2.60. The normalized spacial score (nSPS) is 19.1. The van der Waals surface area contributed by atoms with Crippen LogP contribution in [0.5, 0.6) is 0 Å². The second-order valence-electron chi connectivity index (χ2n) is 4.13. The van der Waals surface area contributed by atoms with E-state index >= 15 is 0 Å². The van der Waals surface area contributed by atoms with Gasteiger partial charge < -0.3 is 9.84 Å². The summed E-state index contributed by atoms with van der Waals surface area (Å²) in [6.45, 7) is 5.31. The van der Waals surface area contributed by atoms with Crippen molar-refractivity contribution in [1.29, 1.82) is 0 Å². The molecule has 1 aliphatic rings. The number of carboxylic acid groups (broad SMARTS) is 1.